The van der Waals surface area contributed by atoms with Crippen molar-refractivity contribution in [3.8, 4) is 0 Å². The zero-order chi connectivity index (χ0) is 16.0. The molecule has 0 aliphatic heterocycles. The summed E-state index contributed by atoms with van der Waals surface area (Å²) in [7, 11) is -0.434. The van der Waals surface area contributed by atoms with Gasteiger partial charge in [-0.15, -0.1) is 34.9 Å². The Labute approximate surface area is 176 Å². The van der Waals surface area contributed by atoms with Gasteiger partial charge in [0.05, 0.1) is 0 Å². The normalized spacial score (nSPS) is 21.4. The molecule has 0 bridgehead atoms. The average Bonchev–Trinajstić information content (AvgIpc) is 2.88. The molecular weight excluding hydrogens is 483 g/mol. The van der Waals surface area contributed by atoms with Gasteiger partial charge in [0, 0.05) is 34.3 Å². The van der Waals surface area contributed by atoms with E-state index in [1.165, 1.54) is 39.0 Å². The fourth-order valence-electron chi connectivity index (χ4n) is 3.83. The molecule has 0 nitrogen and oxygen atoms in total. The van der Waals surface area contributed by atoms with Crippen LogP contribution in [0, 0.1) is 26.8 Å². The first-order valence-electron chi connectivity index (χ1n) is 8.18. The summed E-state index contributed by atoms with van der Waals surface area (Å²) < 4.78 is 0. The van der Waals surface area contributed by atoms with E-state index >= 15 is 0 Å². The number of rotatable bonds is 1. The van der Waals surface area contributed by atoms with Crippen LogP contribution in [-0.4, -0.2) is 13.6 Å². The topological polar surface area (TPSA) is 0 Å². The fraction of sp³-hybridized carbons (Fsp3) is 0.348. The van der Waals surface area contributed by atoms with Crippen LogP contribution in [0.15, 0.2) is 63.3 Å². The molecule has 0 N–H and O–H groups in total. The van der Waals surface area contributed by atoms with Gasteiger partial charge in [-0.1, -0.05) is 61.0 Å². The fourth-order valence-corrected chi connectivity index (χ4v) is 5.27. The van der Waals surface area contributed by atoms with Gasteiger partial charge in [-0.05, 0) is 26.2 Å². The van der Waals surface area contributed by atoms with Crippen LogP contribution in [0.2, 0.25) is 13.1 Å². The van der Waals surface area contributed by atoms with Gasteiger partial charge in [-0.2, -0.15) is 5.57 Å². The number of fused-ring (bicyclic) bond motifs is 1. The Morgan fingerprint density at radius 3 is 2.28 bits per heavy atom. The monoisotopic (exact) mass is 515 g/mol. The zero-order valence-corrected chi connectivity index (χ0v) is 21.7. The molecule has 0 amide bonds. The molecular formula is C23H31HfSi-3. The van der Waals surface area contributed by atoms with Crippen LogP contribution >= 0.6 is 0 Å². The van der Waals surface area contributed by atoms with Crippen molar-refractivity contribution in [1.29, 1.82) is 0 Å². The summed E-state index contributed by atoms with van der Waals surface area (Å²) >= 11 is 0. The predicted molar refractivity (Wildman–Crippen MR) is 112 cm³/mol. The van der Waals surface area contributed by atoms with Crippen molar-refractivity contribution in [3.05, 3.63) is 84.2 Å². The quantitative estimate of drug-likeness (QED) is 0.287. The molecule has 1 unspecified atom stereocenters. The molecule has 0 fully saturated rings. The molecule has 1 atom stereocenters. The van der Waals surface area contributed by atoms with Crippen molar-refractivity contribution < 1.29 is 25.8 Å². The second kappa shape index (κ2) is 9.37. The number of hydrogen-bond donors (Lipinski definition) is 0. The maximum Gasteiger partial charge on any atom is 0.00715 e. The summed E-state index contributed by atoms with van der Waals surface area (Å²) in [6, 6.07) is 0. The first-order chi connectivity index (χ1) is 10.4. The maximum atomic E-state index is 3.63. The van der Waals surface area contributed by atoms with Crippen LogP contribution in [0.3, 0.4) is 0 Å². The molecule has 2 heteroatoms. The van der Waals surface area contributed by atoms with Crippen LogP contribution in [0.4, 0.5) is 0 Å². The SMILES string of the molecule is CC1=[C-]C2=CC=CC(=[Si](C)C)C(C)C2=C1C1=CC(C)=C(C)C1.[CH3-].[CH3-].[Hf]. The van der Waals surface area contributed by atoms with Gasteiger partial charge in [0.2, 0.25) is 0 Å². The summed E-state index contributed by atoms with van der Waals surface area (Å²) in [5, 5.41) is 1.63. The first-order valence-corrected chi connectivity index (χ1v) is 10.7. The summed E-state index contributed by atoms with van der Waals surface area (Å²) in [5.41, 5.74) is 10.0. The van der Waals surface area contributed by atoms with Gasteiger partial charge in [0.15, 0.2) is 0 Å². The van der Waals surface area contributed by atoms with Crippen LogP contribution < -0.4 is 0 Å². The van der Waals surface area contributed by atoms with Crippen LogP contribution in [0.5, 0.6) is 0 Å². The molecule has 3 aliphatic carbocycles. The molecule has 3 rings (SSSR count). The van der Waals surface area contributed by atoms with Crippen molar-refractivity contribution in [1.82, 2.24) is 0 Å². The number of allylic oxidation sites excluding steroid dienone is 12. The van der Waals surface area contributed by atoms with E-state index in [2.05, 4.69) is 71.2 Å². The van der Waals surface area contributed by atoms with Crippen molar-refractivity contribution in [2.45, 2.75) is 47.2 Å². The molecule has 0 saturated heterocycles. The summed E-state index contributed by atoms with van der Waals surface area (Å²) in [5.74, 6) is 0.510. The first kappa shape index (κ1) is 24.4. The van der Waals surface area contributed by atoms with Gasteiger partial charge in [0.25, 0.3) is 0 Å². The summed E-state index contributed by atoms with van der Waals surface area (Å²) in [6.07, 6.45) is 14.0. The predicted octanol–water partition coefficient (Wildman–Crippen LogP) is 6.25. The molecule has 0 radical (unpaired) electrons. The number of hydrogen-bond acceptors (Lipinski definition) is 0. The summed E-state index contributed by atoms with van der Waals surface area (Å²) in [6.45, 7) is 13.9. The van der Waals surface area contributed by atoms with Crippen molar-refractivity contribution in [2.24, 2.45) is 5.92 Å². The van der Waals surface area contributed by atoms with Gasteiger partial charge in [-0.3, -0.25) is 0 Å². The minimum atomic E-state index is -0.434. The Morgan fingerprint density at radius 2 is 1.76 bits per heavy atom. The van der Waals surface area contributed by atoms with Crippen LogP contribution in [0.25, 0.3) is 0 Å². The Balaban J connectivity index is 0.00000192. The van der Waals surface area contributed by atoms with E-state index in [1.807, 2.05) is 0 Å². The molecule has 25 heavy (non-hydrogen) atoms. The zero-order valence-electron chi connectivity index (χ0n) is 17.1. The largest absolute Gasteiger partial charge is 0.358 e. The maximum absolute atomic E-state index is 3.63. The molecule has 3 aliphatic rings. The van der Waals surface area contributed by atoms with E-state index in [-0.39, 0.29) is 40.7 Å². The average molecular weight is 514 g/mol. The minimum Gasteiger partial charge on any atom is -0.358 e. The molecule has 0 aromatic carbocycles. The van der Waals surface area contributed by atoms with Crippen molar-refractivity contribution in [2.75, 3.05) is 0 Å². The van der Waals surface area contributed by atoms with Crippen molar-refractivity contribution >= 4 is 13.6 Å². The third-order valence-corrected chi connectivity index (χ3v) is 6.87. The van der Waals surface area contributed by atoms with Gasteiger partial charge in [-0.25, -0.2) is 0 Å². The van der Waals surface area contributed by atoms with E-state index in [4.69, 9.17) is 0 Å². The van der Waals surface area contributed by atoms with E-state index < -0.39 is 8.41 Å². The Hall–Kier alpha value is -0.603. The van der Waals surface area contributed by atoms with E-state index in [9.17, 15) is 0 Å². The smallest absolute Gasteiger partial charge is 0.00715 e. The van der Waals surface area contributed by atoms with Gasteiger partial charge in [0.1, 0.15) is 0 Å². The van der Waals surface area contributed by atoms with Crippen LogP contribution in [0.1, 0.15) is 34.1 Å². The van der Waals surface area contributed by atoms with Crippen molar-refractivity contribution in [3.63, 3.8) is 0 Å². The molecule has 0 aromatic heterocycles. The summed E-state index contributed by atoms with van der Waals surface area (Å²) in [4.78, 5) is 0. The molecule has 0 spiro atoms. The molecule has 134 valence electrons. The second-order valence-electron chi connectivity index (χ2n) is 6.96. The Kier molecular flexibility index (Phi) is 9.14. The minimum absolute atomic E-state index is 0. The Morgan fingerprint density at radius 1 is 1.12 bits per heavy atom. The van der Waals surface area contributed by atoms with Crippen LogP contribution in [-0.2, 0) is 25.8 Å². The van der Waals surface area contributed by atoms with E-state index in [1.54, 1.807) is 5.17 Å². The van der Waals surface area contributed by atoms with E-state index in [0.717, 1.165) is 6.42 Å². The molecule has 0 saturated carbocycles. The second-order valence-corrected chi connectivity index (χ2v) is 9.54. The Bertz CT molecular complexity index is 760. The molecule has 0 aromatic rings. The molecule has 0 heterocycles. The van der Waals surface area contributed by atoms with E-state index in [0.29, 0.717) is 5.92 Å². The third kappa shape index (κ3) is 4.39. The standard InChI is InChI=1S/C21H25Si.2CH3.Hf/c1-13-10-18(11-14(13)2)20-15(3)12-17-8-7-9-19(22(5)6)16(4)21(17)20;;;/h7-10,16H,11H2,1-6H3;2*1H3;/q3*-1;. The van der Waals surface area contributed by atoms with Gasteiger partial charge >= 0.3 is 0 Å². The third-order valence-electron chi connectivity index (χ3n) is 5.11. The van der Waals surface area contributed by atoms with Gasteiger partial charge < -0.3 is 14.9 Å².